The summed E-state index contributed by atoms with van der Waals surface area (Å²) in [6.07, 6.45) is 1.36. The van der Waals surface area contributed by atoms with Crippen LogP contribution in [0.25, 0.3) is 6.08 Å². The number of benzene rings is 3. The zero-order chi connectivity index (χ0) is 26.5. The normalized spacial score (nSPS) is 11.5. The van der Waals surface area contributed by atoms with Crippen LogP contribution >= 0.6 is 0 Å². The van der Waals surface area contributed by atoms with Gasteiger partial charge in [-0.25, -0.2) is 0 Å². The van der Waals surface area contributed by atoms with Crippen LogP contribution < -0.4 is 10.6 Å². The van der Waals surface area contributed by atoms with Crippen molar-refractivity contribution >= 4 is 35.0 Å². The molecular weight excluding hydrogens is 464 g/mol. The van der Waals surface area contributed by atoms with Crippen LogP contribution in [0.15, 0.2) is 78.5 Å². The van der Waals surface area contributed by atoms with E-state index in [1.54, 1.807) is 12.1 Å². The Balaban J connectivity index is 1.91. The number of amides is 2. The third-order valence-corrected chi connectivity index (χ3v) is 5.24. The highest BCUT2D eigenvalue weighted by Gasteiger charge is 2.18. The van der Waals surface area contributed by atoms with Gasteiger partial charge in [0.25, 0.3) is 23.2 Å². The Hall–Kier alpha value is -4.86. The summed E-state index contributed by atoms with van der Waals surface area (Å²) in [5.74, 6) is -1.27. The van der Waals surface area contributed by atoms with Crippen molar-refractivity contribution in [3.05, 3.63) is 115 Å². The number of nitrogens with one attached hydrogen (secondary N) is 2. The topological polar surface area (TPSA) is 144 Å². The molecule has 0 saturated heterocycles. The largest absolute Gasteiger partial charge is 0.320 e. The molecule has 0 bridgehead atoms. The van der Waals surface area contributed by atoms with Crippen LogP contribution in [0, 0.1) is 20.2 Å². The molecule has 36 heavy (non-hydrogen) atoms. The molecule has 0 atom stereocenters. The number of hydrogen-bond donors (Lipinski definition) is 2. The number of nitrogens with zero attached hydrogens (tertiary/aromatic N) is 2. The molecule has 0 aliphatic rings. The van der Waals surface area contributed by atoms with E-state index in [-0.39, 0.29) is 28.2 Å². The summed E-state index contributed by atoms with van der Waals surface area (Å²) in [6, 6.07) is 17.7. The number of carbonyl (C=O) groups excluding carboxylic acids is 2. The number of anilines is 1. The molecule has 0 radical (unpaired) electrons. The van der Waals surface area contributed by atoms with Gasteiger partial charge in [0.05, 0.1) is 9.85 Å². The molecule has 10 heteroatoms. The minimum Gasteiger partial charge on any atom is -0.320 e. The first kappa shape index (κ1) is 25.8. The van der Waals surface area contributed by atoms with E-state index in [9.17, 15) is 29.8 Å². The summed E-state index contributed by atoms with van der Waals surface area (Å²) in [4.78, 5) is 46.8. The fourth-order valence-electron chi connectivity index (χ4n) is 3.23. The fourth-order valence-corrected chi connectivity index (χ4v) is 3.23. The maximum atomic E-state index is 13.1. The van der Waals surface area contributed by atoms with Gasteiger partial charge in [-0.2, -0.15) is 0 Å². The second kappa shape index (κ2) is 10.6. The molecule has 0 spiro atoms. The van der Waals surface area contributed by atoms with E-state index < -0.39 is 21.7 Å². The first-order valence-electron chi connectivity index (χ1n) is 10.9. The Morgan fingerprint density at radius 3 is 2.00 bits per heavy atom. The van der Waals surface area contributed by atoms with Crippen molar-refractivity contribution in [3.63, 3.8) is 0 Å². The van der Waals surface area contributed by atoms with Gasteiger partial charge in [0.15, 0.2) is 0 Å². The quantitative estimate of drug-likeness (QED) is 0.265. The molecule has 0 heterocycles. The molecule has 0 unspecified atom stereocenters. The zero-order valence-corrected chi connectivity index (χ0v) is 19.8. The van der Waals surface area contributed by atoms with E-state index >= 15 is 0 Å². The smallest absolute Gasteiger partial charge is 0.272 e. The van der Waals surface area contributed by atoms with Gasteiger partial charge in [0, 0.05) is 35.5 Å². The maximum Gasteiger partial charge on any atom is 0.272 e. The highest BCUT2D eigenvalue weighted by molar-refractivity contribution is 6.10. The highest BCUT2D eigenvalue weighted by Crippen LogP contribution is 2.23. The summed E-state index contributed by atoms with van der Waals surface area (Å²) >= 11 is 0. The number of carbonyl (C=O) groups is 2. The molecular formula is C26H24N4O6. The molecule has 3 aromatic carbocycles. The minimum atomic E-state index is -0.728. The lowest BCUT2D eigenvalue weighted by Crippen LogP contribution is -2.30. The molecule has 3 aromatic rings. The first-order valence-corrected chi connectivity index (χ1v) is 10.9. The van der Waals surface area contributed by atoms with Crippen molar-refractivity contribution in [2.24, 2.45) is 0 Å². The van der Waals surface area contributed by atoms with Crippen LogP contribution in [-0.4, -0.2) is 21.7 Å². The van der Waals surface area contributed by atoms with Gasteiger partial charge in [-0.3, -0.25) is 29.8 Å². The summed E-state index contributed by atoms with van der Waals surface area (Å²) in [6.45, 7) is 6.14. The zero-order valence-electron chi connectivity index (χ0n) is 19.8. The number of hydrogen-bond acceptors (Lipinski definition) is 6. The summed E-state index contributed by atoms with van der Waals surface area (Å²) in [7, 11) is 0. The van der Waals surface area contributed by atoms with E-state index in [1.165, 1.54) is 54.6 Å². The van der Waals surface area contributed by atoms with E-state index in [2.05, 4.69) is 10.6 Å². The van der Waals surface area contributed by atoms with Gasteiger partial charge < -0.3 is 10.6 Å². The average molecular weight is 489 g/mol. The average Bonchev–Trinajstić information content (AvgIpc) is 2.83. The molecule has 184 valence electrons. The SMILES string of the molecule is CC(C)(C)c1ccc(C(=O)N/C(=C\c2ccc([N+](=O)[O-])cc2)C(=O)Nc2cccc([N+](=O)[O-])c2)cc1. The van der Waals surface area contributed by atoms with Crippen LogP contribution in [0.2, 0.25) is 0 Å². The predicted molar refractivity (Wildman–Crippen MR) is 135 cm³/mol. The van der Waals surface area contributed by atoms with Crippen molar-refractivity contribution < 1.29 is 19.4 Å². The Morgan fingerprint density at radius 1 is 0.833 bits per heavy atom. The number of non-ortho nitro benzene ring substituents is 2. The first-order chi connectivity index (χ1) is 16.9. The second-order valence-corrected chi connectivity index (χ2v) is 8.95. The molecule has 0 aliphatic carbocycles. The third kappa shape index (κ3) is 6.60. The van der Waals surface area contributed by atoms with Crippen molar-refractivity contribution in [2.75, 3.05) is 5.32 Å². The van der Waals surface area contributed by atoms with Crippen LogP contribution in [-0.2, 0) is 10.2 Å². The predicted octanol–water partition coefficient (Wildman–Crippen LogP) is 5.21. The maximum absolute atomic E-state index is 13.1. The summed E-state index contributed by atoms with van der Waals surface area (Å²) < 4.78 is 0. The van der Waals surface area contributed by atoms with Crippen molar-refractivity contribution in [1.29, 1.82) is 0 Å². The van der Waals surface area contributed by atoms with Gasteiger partial charge in [-0.05, 0) is 52.9 Å². The lowest BCUT2D eigenvalue weighted by Gasteiger charge is -2.19. The lowest BCUT2D eigenvalue weighted by molar-refractivity contribution is -0.385. The third-order valence-electron chi connectivity index (χ3n) is 5.24. The van der Waals surface area contributed by atoms with Crippen LogP contribution in [0.5, 0.6) is 0 Å². The van der Waals surface area contributed by atoms with Crippen LogP contribution in [0.3, 0.4) is 0 Å². The summed E-state index contributed by atoms with van der Waals surface area (Å²) in [5.41, 5.74) is 1.34. The monoisotopic (exact) mass is 488 g/mol. The van der Waals surface area contributed by atoms with Crippen LogP contribution in [0.4, 0.5) is 17.1 Å². The Morgan fingerprint density at radius 2 is 1.44 bits per heavy atom. The minimum absolute atomic E-state index is 0.103. The molecule has 2 amide bonds. The molecule has 0 aromatic heterocycles. The highest BCUT2D eigenvalue weighted by atomic mass is 16.6. The van der Waals surface area contributed by atoms with Gasteiger partial charge in [0.2, 0.25) is 0 Å². The number of rotatable bonds is 7. The molecule has 10 nitrogen and oxygen atoms in total. The van der Waals surface area contributed by atoms with Gasteiger partial charge in [-0.15, -0.1) is 0 Å². The molecule has 3 rings (SSSR count). The standard InChI is InChI=1S/C26H24N4O6/c1-26(2,3)19-11-9-18(10-12-19)24(31)28-23(15-17-7-13-21(14-8-17)29(33)34)25(32)27-20-5-4-6-22(16-20)30(35)36/h4-16H,1-3H3,(H,27,32)(H,28,31)/b23-15-. The molecule has 2 N–H and O–H groups in total. The lowest BCUT2D eigenvalue weighted by atomic mass is 9.87. The van der Waals surface area contributed by atoms with Gasteiger partial charge >= 0.3 is 0 Å². The second-order valence-electron chi connectivity index (χ2n) is 8.95. The molecule has 0 fully saturated rings. The fraction of sp³-hybridized carbons (Fsp3) is 0.154. The molecule has 0 aliphatic heterocycles. The Labute approximate surface area is 207 Å². The van der Waals surface area contributed by atoms with Crippen LogP contribution in [0.1, 0.15) is 42.3 Å². The van der Waals surface area contributed by atoms with E-state index in [0.717, 1.165) is 5.56 Å². The van der Waals surface area contributed by atoms with Gasteiger partial charge in [-0.1, -0.05) is 39.0 Å². The van der Waals surface area contributed by atoms with Crippen molar-refractivity contribution in [3.8, 4) is 0 Å². The van der Waals surface area contributed by atoms with E-state index in [4.69, 9.17) is 0 Å². The summed E-state index contributed by atoms with van der Waals surface area (Å²) in [5, 5.41) is 27.1. The number of nitro benzene ring substituents is 2. The van der Waals surface area contributed by atoms with E-state index in [1.807, 2.05) is 32.9 Å². The Bertz CT molecular complexity index is 1340. The van der Waals surface area contributed by atoms with Crippen molar-refractivity contribution in [1.82, 2.24) is 5.32 Å². The molecule has 0 saturated carbocycles. The van der Waals surface area contributed by atoms with Gasteiger partial charge in [0.1, 0.15) is 5.70 Å². The van der Waals surface area contributed by atoms with Crippen molar-refractivity contribution in [2.45, 2.75) is 26.2 Å². The Kier molecular flexibility index (Phi) is 7.58. The number of nitro groups is 2. The van der Waals surface area contributed by atoms with E-state index in [0.29, 0.717) is 11.1 Å².